The monoisotopic (exact) mass is 733 g/mol. The molecule has 0 rings (SSSR count). The average Bonchev–Trinajstić information content (AvgIpc) is 3.06. The molecule has 0 amide bonds. The number of ether oxygens (including phenoxy) is 2. The van der Waals surface area contributed by atoms with Crippen molar-refractivity contribution in [3.63, 3.8) is 0 Å². The molecule has 0 spiro atoms. The Labute approximate surface area is 307 Å². The summed E-state index contributed by atoms with van der Waals surface area (Å²) in [7, 11) is 1.48. The van der Waals surface area contributed by atoms with E-state index in [9.17, 15) is 19.0 Å². The number of hydrogen-bond donors (Lipinski definition) is 1. The van der Waals surface area contributed by atoms with Crippen LogP contribution in [0.1, 0.15) is 181 Å². The lowest BCUT2D eigenvalue weighted by Crippen LogP contribution is -2.37. The van der Waals surface area contributed by atoms with Crippen molar-refractivity contribution in [2.45, 2.75) is 187 Å². The molecule has 9 nitrogen and oxygen atoms in total. The number of hydrogen-bond acceptors (Lipinski definition) is 7. The summed E-state index contributed by atoms with van der Waals surface area (Å²) in [6, 6.07) is 0. The number of carbonyl (C=O) groups excluding carboxylic acids is 2. The van der Waals surface area contributed by atoms with E-state index in [1.54, 1.807) is 0 Å². The Morgan fingerprint density at radius 1 is 0.600 bits per heavy atom. The third-order valence-corrected chi connectivity index (χ3v) is 9.78. The summed E-state index contributed by atoms with van der Waals surface area (Å²) in [5.41, 5.74) is 0. The minimum atomic E-state index is -4.36. The van der Waals surface area contributed by atoms with Gasteiger partial charge in [-0.05, 0) is 38.5 Å². The molecule has 0 aliphatic carbocycles. The van der Waals surface area contributed by atoms with Crippen molar-refractivity contribution >= 4 is 19.8 Å². The molecule has 2 atom stereocenters. The lowest BCUT2D eigenvalue weighted by Gasteiger charge is -2.24. The Balaban J connectivity index is 4.39. The number of phosphoric ester groups is 1. The van der Waals surface area contributed by atoms with Gasteiger partial charge in [0.25, 0.3) is 0 Å². The number of nitrogens with zero attached hydrogens (tertiary/aromatic N) is 1. The molecule has 0 fully saturated rings. The molecule has 10 heteroatoms. The van der Waals surface area contributed by atoms with Crippen molar-refractivity contribution in [3.05, 3.63) is 12.2 Å². The van der Waals surface area contributed by atoms with E-state index in [2.05, 4.69) is 26.0 Å². The lowest BCUT2D eigenvalue weighted by molar-refractivity contribution is -0.870. The van der Waals surface area contributed by atoms with Crippen molar-refractivity contribution in [1.29, 1.82) is 0 Å². The summed E-state index contributed by atoms with van der Waals surface area (Å²) < 4.78 is 34.2. The highest BCUT2D eigenvalue weighted by Crippen LogP contribution is 2.43. The first-order valence-corrected chi connectivity index (χ1v) is 21.9. The summed E-state index contributed by atoms with van der Waals surface area (Å²) in [6.45, 7) is 4.40. The molecule has 0 saturated heterocycles. The van der Waals surface area contributed by atoms with Crippen LogP contribution in [-0.4, -0.2) is 74.9 Å². The van der Waals surface area contributed by atoms with Crippen molar-refractivity contribution in [3.8, 4) is 0 Å². The van der Waals surface area contributed by atoms with Gasteiger partial charge in [0.1, 0.15) is 19.8 Å². The van der Waals surface area contributed by atoms with Crippen molar-refractivity contribution in [2.75, 3.05) is 47.5 Å². The Bertz CT molecular complexity index is 876. The van der Waals surface area contributed by atoms with Crippen LogP contribution in [0.3, 0.4) is 0 Å². The minimum Gasteiger partial charge on any atom is -0.462 e. The van der Waals surface area contributed by atoms with Gasteiger partial charge in [-0.25, -0.2) is 4.57 Å². The van der Waals surface area contributed by atoms with E-state index in [0.717, 1.165) is 51.4 Å². The van der Waals surface area contributed by atoms with Gasteiger partial charge in [0.15, 0.2) is 6.10 Å². The molecule has 1 N–H and O–H groups in total. The van der Waals surface area contributed by atoms with E-state index in [4.69, 9.17) is 18.5 Å². The maximum atomic E-state index is 12.6. The molecule has 0 heterocycles. The second-order valence-electron chi connectivity index (χ2n) is 15.0. The van der Waals surface area contributed by atoms with E-state index < -0.39 is 26.5 Å². The zero-order valence-corrected chi connectivity index (χ0v) is 34.0. The fourth-order valence-corrected chi connectivity index (χ4v) is 6.28. The molecule has 1 unspecified atom stereocenters. The standard InChI is InChI=1S/C40H78NO8P/c1-6-8-10-12-14-16-18-19-20-21-22-23-25-27-29-31-33-40(43)49-38(37-48-50(44,45)47-35-34-41(3,4)5)36-46-39(42)32-30-28-26-24-17-15-13-11-9-7-2/h20-21,38H,6-19,22-37H2,1-5H3/p+1/b21-20-/t38-/m1/s1. The molecule has 0 aromatic carbocycles. The summed E-state index contributed by atoms with van der Waals surface area (Å²) in [4.78, 5) is 35.2. The first kappa shape index (κ1) is 48.8. The fraction of sp³-hybridized carbons (Fsp3) is 0.900. The number of allylic oxidation sites excluding steroid dienone is 2. The molecule has 0 aromatic heterocycles. The number of quaternary nitrogens is 1. The normalized spacial score (nSPS) is 13.8. The van der Waals surface area contributed by atoms with Gasteiger partial charge in [-0.15, -0.1) is 0 Å². The molecule has 0 aliphatic heterocycles. The maximum absolute atomic E-state index is 12.6. The van der Waals surface area contributed by atoms with Crippen LogP contribution in [0.4, 0.5) is 0 Å². The molecule has 0 aliphatic rings. The summed E-state index contributed by atoms with van der Waals surface area (Å²) in [5, 5.41) is 0. The highest BCUT2D eigenvalue weighted by Gasteiger charge is 2.27. The van der Waals surface area contributed by atoms with Gasteiger partial charge in [-0.1, -0.05) is 142 Å². The van der Waals surface area contributed by atoms with E-state index in [-0.39, 0.29) is 25.6 Å². The first-order valence-electron chi connectivity index (χ1n) is 20.4. The van der Waals surface area contributed by atoms with E-state index in [0.29, 0.717) is 23.9 Å². The number of rotatable bonds is 37. The highest BCUT2D eigenvalue weighted by molar-refractivity contribution is 7.47. The van der Waals surface area contributed by atoms with Crippen LogP contribution in [0.5, 0.6) is 0 Å². The Kier molecular flexibility index (Phi) is 32.7. The molecule has 0 aromatic rings. The van der Waals surface area contributed by atoms with Crippen LogP contribution in [0.2, 0.25) is 0 Å². The zero-order chi connectivity index (χ0) is 37.2. The van der Waals surface area contributed by atoms with E-state index >= 15 is 0 Å². The molecule has 0 bridgehead atoms. The predicted octanol–water partition coefficient (Wildman–Crippen LogP) is 11.0. The van der Waals surface area contributed by atoms with Gasteiger partial charge in [0.2, 0.25) is 0 Å². The molecule has 50 heavy (non-hydrogen) atoms. The Morgan fingerprint density at radius 2 is 1.02 bits per heavy atom. The second-order valence-corrected chi connectivity index (χ2v) is 16.5. The van der Waals surface area contributed by atoms with Gasteiger partial charge in [0, 0.05) is 12.8 Å². The molecule has 0 radical (unpaired) electrons. The third-order valence-electron chi connectivity index (χ3n) is 8.80. The quantitative estimate of drug-likeness (QED) is 0.0221. The predicted molar refractivity (Wildman–Crippen MR) is 206 cm³/mol. The van der Waals surface area contributed by atoms with Gasteiger partial charge in [0.05, 0.1) is 27.7 Å². The summed E-state index contributed by atoms with van der Waals surface area (Å²) in [6.07, 6.45) is 32.6. The minimum absolute atomic E-state index is 0.0329. The van der Waals surface area contributed by atoms with Gasteiger partial charge in [-0.2, -0.15) is 0 Å². The molecular weight excluding hydrogens is 653 g/mol. The topological polar surface area (TPSA) is 108 Å². The van der Waals surface area contributed by atoms with E-state index in [1.807, 2.05) is 21.1 Å². The van der Waals surface area contributed by atoms with Crippen molar-refractivity contribution < 1.29 is 42.1 Å². The van der Waals surface area contributed by atoms with Gasteiger partial charge >= 0.3 is 19.8 Å². The van der Waals surface area contributed by atoms with Crippen LogP contribution in [0, 0.1) is 0 Å². The number of unbranched alkanes of at least 4 members (excludes halogenated alkanes) is 21. The third kappa shape index (κ3) is 36.5. The number of carbonyl (C=O) groups is 2. The maximum Gasteiger partial charge on any atom is 0.472 e. The second kappa shape index (κ2) is 33.6. The van der Waals surface area contributed by atoms with Crippen LogP contribution < -0.4 is 0 Å². The van der Waals surface area contributed by atoms with E-state index in [1.165, 1.54) is 96.3 Å². The van der Waals surface area contributed by atoms with Crippen molar-refractivity contribution in [1.82, 2.24) is 0 Å². The summed E-state index contributed by atoms with van der Waals surface area (Å²) in [5.74, 6) is -0.805. The highest BCUT2D eigenvalue weighted by atomic mass is 31.2. The number of phosphoric acid groups is 1. The Morgan fingerprint density at radius 3 is 1.48 bits per heavy atom. The molecular formula is C40H79NO8P+. The van der Waals surface area contributed by atoms with Crippen molar-refractivity contribution in [2.24, 2.45) is 0 Å². The smallest absolute Gasteiger partial charge is 0.462 e. The van der Waals surface area contributed by atoms with Crippen LogP contribution in [0.25, 0.3) is 0 Å². The first-order chi connectivity index (χ1) is 24.0. The largest absolute Gasteiger partial charge is 0.472 e. The molecule has 0 saturated carbocycles. The fourth-order valence-electron chi connectivity index (χ4n) is 5.54. The van der Waals surface area contributed by atoms with Gasteiger partial charge in [-0.3, -0.25) is 18.6 Å². The lowest BCUT2D eigenvalue weighted by atomic mass is 10.1. The van der Waals surface area contributed by atoms with Crippen LogP contribution >= 0.6 is 7.82 Å². The zero-order valence-electron chi connectivity index (χ0n) is 33.1. The van der Waals surface area contributed by atoms with Crippen LogP contribution in [0.15, 0.2) is 12.2 Å². The average molecular weight is 733 g/mol. The number of esters is 2. The number of likely N-dealkylation sites (N-methyl/N-ethyl adjacent to an activating group) is 1. The van der Waals surface area contributed by atoms with Gasteiger partial charge < -0.3 is 18.9 Å². The SMILES string of the molecule is CCCCCCCCC/C=C\CCCCCCCC(=O)O[C@H](COC(=O)CCCCCCCCCCCC)COP(=O)(O)OCC[N+](C)(C)C. The molecule has 296 valence electrons. The Hall–Kier alpha value is -1.25. The van der Waals surface area contributed by atoms with Crippen LogP contribution in [-0.2, 0) is 32.7 Å². The summed E-state index contributed by atoms with van der Waals surface area (Å²) >= 11 is 0.